The summed E-state index contributed by atoms with van der Waals surface area (Å²) in [6, 6.07) is 0. The number of carbonyl (C=O) groups is 1. The molecule has 0 aromatic carbocycles. The van der Waals surface area contributed by atoms with Gasteiger partial charge in [0.25, 0.3) is 0 Å². The molecular formula is C7H12N2O2. The maximum atomic E-state index is 11.3. The second kappa shape index (κ2) is 2.46. The van der Waals surface area contributed by atoms with Crippen LogP contribution in [0, 0.1) is 0 Å². The summed E-state index contributed by atoms with van der Waals surface area (Å²) in [5, 5.41) is 6.01. The van der Waals surface area contributed by atoms with Gasteiger partial charge in [0.05, 0.1) is 13.2 Å². The molecule has 2 aliphatic heterocycles. The van der Waals surface area contributed by atoms with Gasteiger partial charge in [-0.25, -0.2) is 0 Å². The van der Waals surface area contributed by atoms with Crippen LogP contribution in [0.4, 0.5) is 0 Å². The molecule has 1 amide bonds. The molecule has 2 fully saturated rings. The van der Waals surface area contributed by atoms with E-state index >= 15 is 0 Å². The molecule has 2 rings (SSSR count). The largest absolute Gasteiger partial charge is 0.378 e. The molecule has 4 heteroatoms. The Hall–Kier alpha value is -0.610. The molecule has 0 radical (unpaired) electrons. The topological polar surface area (TPSA) is 50.4 Å². The molecule has 1 atom stereocenters. The monoisotopic (exact) mass is 156 g/mol. The number of hydrogen-bond donors (Lipinski definition) is 2. The zero-order valence-corrected chi connectivity index (χ0v) is 6.35. The molecule has 2 saturated heterocycles. The van der Waals surface area contributed by atoms with E-state index in [2.05, 4.69) is 10.6 Å². The Morgan fingerprint density at radius 1 is 1.45 bits per heavy atom. The van der Waals surface area contributed by atoms with Gasteiger partial charge in [-0.3, -0.25) is 10.1 Å². The zero-order chi connectivity index (χ0) is 7.73. The average molecular weight is 156 g/mol. The van der Waals surface area contributed by atoms with Crippen molar-refractivity contribution in [3.63, 3.8) is 0 Å². The van der Waals surface area contributed by atoms with E-state index in [0.717, 1.165) is 26.1 Å². The van der Waals surface area contributed by atoms with Crippen LogP contribution in [0.3, 0.4) is 0 Å². The molecule has 62 valence electrons. The number of rotatable bonds is 0. The van der Waals surface area contributed by atoms with Crippen molar-refractivity contribution < 1.29 is 9.53 Å². The number of amides is 1. The number of morpholine rings is 1. The number of ether oxygens (including phenoxy) is 1. The first-order chi connectivity index (χ1) is 5.33. The smallest absolute Gasteiger partial charge is 0.242 e. The third kappa shape index (κ3) is 1.02. The molecule has 1 spiro atoms. The first-order valence-electron chi connectivity index (χ1n) is 3.95. The van der Waals surface area contributed by atoms with Crippen molar-refractivity contribution in [3.05, 3.63) is 0 Å². The Kier molecular flexibility index (Phi) is 1.58. The third-order valence-corrected chi connectivity index (χ3v) is 2.33. The molecule has 1 unspecified atom stereocenters. The second-order valence-electron chi connectivity index (χ2n) is 3.07. The fraction of sp³-hybridized carbons (Fsp3) is 0.857. The molecule has 0 bridgehead atoms. The zero-order valence-electron chi connectivity index (χ0n) is 6.35. The Labute approximate surface area is 65.3 Å². The van der Waals surface area contributed by atoms with Crippen LogP contribution in [0.15, 0.2) is 0 Å². The van der Waals surface area contributed by atoms with Crippen molar-refractivity contribution in [1.82, 2.24) is 10.6 Å². The summed E-state index contributed by atoms with van der Waals surface area (Å²) in [4.78, 5) is 11.3. The van der Waals surface area contributed by atoms with Crippen molar-refractivity contribution in [2.75, 3.05) is 26.3 Å². The Bertz CT molecular complexity index is 175. The predicted octanol–water partition coefficient (Wildman–Crippen LogP) is -1.14. The Morgan fingerprint density at radius 2 is 2.36 bits per heavy atom. The first-order valence-corrected chi connectivity index (χ1v) is 3.95. The highest BCUT2D eigenvalue weighted by molar-refractivity contribution is 5.88. The second-order valence-corrected chi connectivity index (χ2v) is 3.07. The summed E-state index contributed by atoms with van der Waals surface area (Å²) < 4.78 is 5.25. The fourth-order valence-electron chi connectivity index (χ4n) is 1.64. The summed E-state index contributed by atoms with van der Waals surface area (Å²) in [5.74, 6) is 0.0946. The average Bonchev–Trinajstić information content (AvgIpc) is 2.36. The van der Waals surface area contributed by atoms with E-state index in [1.165, 1.54) is 0 Å². The van der Waals surface area contributed by atoms with Crippen molar-refractivity contribution in [2.24, 2.45) is 0 Å². The molecule has 0 aromatic rings. The van der Waals surface area contributed by atoms with Crippen molar-refractivity contribution in [2.45, 2.75) is 12.0 Å². The van der Waals surface area contributed by atoms with E-state index in [4.69, 9.17) is 4.74 Å². The predicted molar refractivity (Wildman–Crippen MR) is 39.2 cm³/mol. The van der Waals surface area contributed by atoms with Gasteiger partial charge in [-0.15, -0.1) is 0 Å². The highest BCUT2D eigenvalue weighted by Gasteiger charge is 2.43. The van der Waals surface area contributed by atoms with Crippen LogP contribution in [-0.2, 0) is 9.53 Å². The molecule has 2 heterocycles. The van der Waals surface area contributed by atoms with Crippen molar-refractivity contribution in [1.29, 1.82) is 0 Å². The van der Waals surface area contributed by atoms with Crippen LogP contribution < -0.4 is 10.6 Å². The SMILES string of the molecule is O=C1NCCC12COCCN2. The summed E-state index contributed by atoms with van der Waals surface area (Å²) in [6.45, 7) is 2.80. The quantitative estimate of drug-likeness (QED) is 0.466. The van der Waals surface area contributed by atoms with Gasteiger partial charge < -0.3 is 10.1 Å². The van der Waals surface area contributed by atoms with E-state index in [-0.39, 0.29) is 5.91 Å². The summed E-state index contributed by atoms with van der Waals surface area (Å²) in [5.41, 5.74) is -0.391. The lowest BCUT2D eigenvalue weighted by Crippen LogP contribution is -2.58. The third-order valence-electron chi connectivity index (χ3n) is 2.33. The van der Waals surface area contributed by atoms with E-state index in [0.29, 0.717) is 6.61 Å². The van der Waals surface area contributed by atoms with E-state index in [9.17, 15) is 4.79 Å². The summed E-state index contributed by atoms with van der Waals surface area (Å²) >= 11 is 0. The van der Waals surface area contributed by atoms with Crippen molar-refractivity contribution >= 4 is 5.91 Å². The first kappa shape index (κ1) is 7.06. The number of hydrogen-bond acceptors (Lipinski definition) is 3. The van der Waals surface area contributed by atoms with Crippen LogP contribution in [0.1, 0.15) is 6.42 Å². The molecule has 2 N–H and O–H groups in total. The highest BCUT2D eigenvalue weighted by atomic mass is 16.5. The Balaban J connectivity index is 2.12. The summed E-state index contributed by atoms with van der Waals surface area (Å²) in [6.07, 6.45) is 0.853. The number of nitrogens with one attached hydrogen (secondary N) is 2. The molecule has 11 heavy (non-hydrogen) atoms. The number of carbonyl (C=O) groups excluding carboxylic acids is 1. The molecular weight excluding hydrogens is 144 g/mol. The van der Waals surface area contributed by atoms with Gasteiger partial charge >= 0.3 is 0 Å². The summed E-state index contributed by atoms with van der Waals surface area (Å²) in [7, 11) is 0. The lowest BCUT2D eigenvalue weighted by atomic mass is 9.98. The minimum absolute atomic E-state index is 0.0946. The normalized spacial score (nSPS) is 37.6. The molecule has 0 aliphatic carbocycles. The van der Waals surface area contributed by atoms with Crippen molar-refractivity contribution in [3.8, 4) is 0 Å². The maximum Gasteiger partial charge on any atom is 0.242 e. The minimum Gasteiger partial charge on any atom is -0.378 e. The van der Waals surface area contributed by atoms with Gasteiger partial charge in [-0.05, 0) is 6.42 Å². The van der Waals surface area contributed by atoms with Crippen LogP contribution in [-0.4, -0.2) is 37.7 Å². The van der Waals surface area contributed by atoms with Gasteiger partial charge in [-0.2, -0.15) is 0 Å². The van der Waals surface area contributed by atoms with E-state index in [1.807, 2.05) is 0 Å². The molecule has 2 aliphatic rings. The van der Waals surface area contributed by atoms with Gasteiger partial charge in [0.1, 0.15) is 5.54 Å². The van der Waals surface area contributed by atoms with E-state index in [1.54, 1.807) is 0 Å². The van der Waals surface area contributed by atoms with Gasteiger partial charge in [0, 0.05) is 13.1 Å². The molecule has 4 nitrogen and oxygen atoms in total. The molecule has 0 saturated carbocycles. The van der Waals surface area contributed by atoms with Crippen LogP contribution in [0.25, 0.3) is 0 Å². The van der Waals surface area contributed by atoms with Crippen LogP contribution in [0.5, 0.6) is 0 Å². The van der Waals surface area contributed by atoms with E-state index < -0.39 is 5.54 Å². The lowest BCUT2D eigenvalue weighted by Gasteiger charge is -2.31. The standard InChI is InChI=1S/C7H12N2O2/c10-6-7(1-2-8-6)5-11-4-3-9-7/h9H,1-5H2,(H,8,10). The van der Waals surface area contributed by atoms with Gasteiger partial charge in [-0.1, -0.05) is 0 Å². The highest BCUT2D eigenvalue weighted by Crippen LogP contribution is 2.18. The lowest BCUT2D eigenvalue weighted by molar-refractivity contribution is -0.129. The Morgan fingerprint density at radius 3 is 2.91 bits per heavy atom. The van der Waals surface area contributed by atoms with Gasteiger partial charge in [0.2, 0.25) is 5.91 Å². The maximum absolute atomic E-state index is 11.3. The minimum atomic E-state index is -0.391. The van der Waals surface area contributed by atoms with Crippen LogP contribution in [0.2, 0.25) is 0 Å². The molecule has 0 aromatic heterocycles. The van der Waals surface area contributed by atoms with Crippen LogP contribution >= 0.6 is 0 Å². The van der Waals surface area contributed by atoms with Gasteiger partial charge in [0.15, 0.2) is 0 Å². The fourth-order valence-corrected chi connectivity index (χ4v) is 1.64.